The SMILES string of the molecule is CNC1CCCN(C(=O)c2cn[nH]c2-c2ccccc2F)C1. The molecule has 2 N–H and O–H groups in total. The summed E-state index contributed by atoms with van der Waals surface area (Å²) in [6, 6.07) is 6.69. The van der Waals surface area contributed by atoms with Crippen LogP contribution in [0.3, 0.4) is 0 Å². The summed E-state index contributed by atoms with van der Waals surface area (Å²) in [6.07, 6.45) is 3.50. The Balaban J connectivity index is 1.89. The molecule has 1 aromatic carbocycles. The predicted molar refractivity (Wildman–Crippen MR) is 82.0 cm³/mol. The fourth-order valence-electron chi connectivity index (χ4n) is 2.89. The monoisotopic (exact) mass is 302 g/mol. The van der Waals surface area contributed by atoms with Crippen molar-refractivity contribution in [3.05, 3.63) is 41.8 Å². The van der Waals surface area contributed by atoms with E-state index >= 15 is 0 Å². The first-order chi connectivity index (χ1) is 10.7. The van der Waals surface area contributed by atoms with Crippen LogP contribution in [0.15, 0.2) is 30.5 Å². The van der Waals surface area contributed by atoms with E-state index in [1.807, 2.05) is 7.05 Å². The lowest BCUT2D eigenvalue weighted by Crippen LogP contribution is -2.47. The Morgan fingerprint density at radius 1 is 1.45 bits per heavy atom. The molecular formula is C16H19FN4O. The summed E-state index contributed by atoms with van der Waals surface area (Å²) in [6.45, 7) is 1.39. The summed E-state index contributed by atoms with van der Waals surface area (Å²) in [7, 11) is 1.90. The summed E-state index contributed by atoms with van der Waals surface area (Å²) in [4.78, 5) is 14.5. The van der Waals surface area contributed by atoms with Gasteiger partial charge in [0.15, 0.2) is 0 Å². The van der Waals surface area contributed by atoms with Gasteiger partial charge in [0.1, 0.15) is 5.82 Å². The summed E-state index contributed by atoms with van der Waals surface area (Å²) < 4.78 is 14.0. The van der Waals surface area contributed by atoms with Gasteiger partial charge in [-0.2, -0.15) is 5.10 Å². The van der Waals surface area contributed by atoms with Crippen LogP contribution >= 0.6 is 0 Å². The second-order valence-corrected chi connectivity index (χ2v) is 5.52. The van der Waals surface area contributed by atoms with Crippen molar-refractivity contribution in [1.29, 1.82) is 0 Å². The van der Waals surface area contributed by atoms with Crippen LogP contribution in [0.1, 0.15) is 23.2 Å². The number of H-pyrrole nitrogens is 1. The number of nitrogens with one attached hydrogen (secondary N) is 2. The van der Waals surface area contributed by atoms with Gasteiger partial charge in [-0.1, -0.05) is 12.1 Å². The van der Waals surface area contributed by atoms with Gasteiger partial charge in [0.2, 0.25) is 0 Å². The van der Waals surface area contributed by atoms with Gasteiger partial charge < -0.3 is 10.2 Å². The molecule has 2 aromatic rings. The second-order valence-electron chi connectivity index (χ2n) is 5.52. The molecule has 1 unspecified atom stereocenters. The van der Waals surface area contributed by atoms with E-state index in [1.54, 1.807) is 23.1 Å². The molecule has 116 valence electrons. The Morgan fingerprint density at radius 2 is 2.27 bits per heavy atom. The number of aromatic amines is 1. The predicted octanol–water partition coefficient (Wildman–Crippen LogP) is 2.04. The van der Waals surface area contributed by atoms with Crippen LogP contribution in [-0.2, 0) is 0 Å². The van der Waals surface area contributed by atoms with E-state index < -0.39 is 0 Å². The van der Waals surface area contributed by atoms with E-state index in [9.17, 15) is 9.18 Å². The molecule has 0 bridgehead atoms. The molecule has 1 aliphatic rings. The quantitative estimate of drug-likeness (QED) is 0.912. The lowest BCUT2D eigenvalue weighted by Gasteiger charge is -2.32. The van der Waals surface area contributed by atoms with Crippen LogP contribution < -0.4 is 5.32 Å². The fraction of sp³-hybridized carbons (Fsp3) is 0.375. The molecule has 0 spiro atoms. The lowest BCUT2D eigenvalue weighted by atomic mass is 10.0. The molecule has 22 heavy (non-hydrogen) atoms. The van der Waals surface area contributed by atoms with Crippen LogP contribution in [0.4, 0.5) is 4.39 Å². The third-order valence-corrected chi connectivity index (χ3v) is 4.13. The number of benzene rings is 1. The van der Waals surface area contributed by atoms with Crippen LogP contribution in [0.2, 0.25) is 0 Å². The van der Waals surface area contributed by atoms with Gasteiger partial charge >= 0.3 is 0 Å². The molecule has 0 aliphatic carbocycles. The van der Waals surface area contributed by atoms with Gasteiger partial charge in [-0.15, -0.1) is 0 Å². The average Bonchev–Trinajstić information content (AvgIpc) is 3.04. The lowest BCUT2D eigenvalue weighted by molar-refractivity contribution is 0.0699. The Hall–Kier alpha value is -2.21. The third-order valence-electron chi connectivity index (χ3n) is 4.13. The minimum atomic E-state index is -0.368. The highest BCUT2D eigenvalue weighted by Gasteiger charge is 2.26. The zero-order valence-electron chi connectivity index (χ0n) is 12.5. The number of nitrogens with zero attached hydrogens (tertiary/aromatic N) is 2. The number of rotatable bonds is 3. The molecule has 1 amide bonds. The molecule has 1 aromatic heterocycles. The number of hydrogen-bond acceptors (Lipinski definition) is 3. The molecule has 1 atom stereocenters. The van der Waals surface area contributed by atoms with E-state index in [0.29, 0.717) is 29.4 Å². The number of carbonyl (C=O) groups excluding carboxylic acids is 1. The molecule has 5 nitrogen and oxygen atoms in total. The molecule has 1 saturated heterocycles. The van der Waals surface area contributed by atoms with E-state index in [1.165, 1.54) is 12.3 Å². The molecule has 3 rings (SSSR count). The van der Waals surface area contributed by atoms with Crippen molar-refractivity contribution in [1.82, 2.24) is 20.4 Å². The van der Waals surface area contributed by atoms with Crippen molar-refractivity contribution in [3.63, 3.8) is 0 Å². The Kier molecular flexibility index (Phi) is 4.20. The molecule has 1 fully saturated rings. The van der Waals surface area contributed by atoms with Crippen molar-refractivity contribution in [2.24, 2.45) is 0 Å². The van der Waals surface area contributed by atoms with Crippen molar-refractivity contribution in [3.8, 4) is 11.3 Å². The number of aromatic nitrogens is 2. The van der Waals surface area contributed by atoms with Crippen LogP contribution in [0, 0.1) is 5.82 Å². The number of amides is 1. The molecular weight excluding hydrogens is 283 g/mol. The highest BCUT2D eigenvalue weighted by atomic mass is 19.1. The number of likely N-dealkylation sites (N-methyl/N-ethyl adjacent to an activating group) is 1. The Bertz CT molecular complexity index is 670. The maximum atomic E-state index is 14.0. The fourth-order valence-corrected chi connectivity index (χ4v) is 2.89. The number of likely N-dealkylation sites (tertiary alicyclic amines) is 1. The summed E-state index contributed by atoms with van der Waals surface area (Å²) in [5, 5.41) is 9.91. The zero-order chi connectivity index (χ0) is 15.5. The Labute approximate surface area is 128 Å². The standard InChI is InChI=1S/C16H19FN4O/c1-18-11-5-4-8-21(10-11)16(22)13-9-19-20-15(13)12-6-2-3-7-14(12)17/h2-3,6-7,9,11,18H,4-5,8,10H2,1H3,(H,19,20). The van der Waals surface area contributed by atoms with E-state index in [2.05, 4.69) is 15.5 Å². The Morgan fingerprint density at radius 3 is 3.05 bits per heavy atom. The third kappa shape index (κ3) is 2.74. The van der Waals surface area contributed by atoms with Gasteiger partial charge in [-0.05, 0) is 32.0 Å². The summed E-state index contributed by atoms with van der Waals surface area (Å²) in [5.41, 5.74) is 1.22. The van der Waals surface area contributed by atoms with Crippen molar-refractivity contribution in [2.45, 2.75) is 18.9 Å². The molecule has 2 heterocycles. The first-order valence-electron chi connectivity index (χ1n) is 7.45. The van der Waals surface area contributed by atoms with E-state index in [-0.39, 0.29) is 11.7 Å². The van der Waals surface area contributed by atoms with Crippen molar-refractivity contribution in [2.75, 3.05) is 20.1 Å². The first-order valence-corrected chi connectivity index (χ1v) is 7.45. The van der Waals surface area contributed by atoms with Gasteiger partial charge in [-0.3, -0.25) is 9.89 Å². The number of carbonyl (C=O) groups is 1. The highest BCUT2D eigenvalue weighted by Crippen LogP contribution is 2.25. The van der Waals surface area contributed by atoms with Gasteiger partial charge in [0, 0.05) is 24.7 Å². The minimum Gasteiger partial charge on any atom is -0.337 e. The van der Waals surface area contributed by atoms with Gasteiger partial charge in [0.05, 0.1) is 17.5 Å². The van der Waals surface area contributed by atoms with Crippen LogP contribution in [0.5, 0.6) is 0 Å². The molecule has 1 aliphatic heterocycles. The zero-order valence-corrected chi connectivity index (χ0v) is 12.5. The van der Waals surface area contributed by atoms with Crippen LogP contribution in [0.25, 0.3) is 11.3 Å². The summed E-state index contributed by atoms with van der Waals surface area (Å²) in [5.74, 6) is -0.473. The first kappa shape index (κ1) is 14.7. The number of piperidine rings is 1. The molecule has 0 radical (unpaired) electrons. The minimum absolute atomic E-state index is 0.105. The number of halogens is 1. The second kappa shape index (κ2) is 6.27. The largest absolute Gasteiger partial charge is 0.337 e. The maximum Gasteiger partial charge on any atom is 0.257 e. The highest BCUT2D eigenvalue weighted by molar-refractivity contribution is 5.99. The number of hydrogen-bond donors (Lipinski definition) is 2. The summed E-state index contributed by atoms with van der Waals surface area (Å²) >= 11 is 0. The molecule has 0 saturated carbocycles. The maximum absolute atomic E-state index is 14.0. The smallest absolute Gasteiger partial charge is 0.257 e. The van der Waals surface area contributed by atoms with E-state index in [0.717, 1.165) is 19.4 Å². The van der Waals surface area contributed by atoms with E-state index in [4.69, 9.17) is 0 Å². The average molecular weight is 302 g/mol. The van der Waals surface area contributed by atoms with Crippen LogP contribution in [-0.4, -0.2) is 47.2 Å². The molecule has 6 heteroatoms. The normalized spacial score (nSPS) is 18.5. The van der Waals surface area contributed by atoms with Gasteiger partial charge in [0.25, 0.3) is 5.91 Å². The van der Waals surface area contributed by atoms with Gasteiger partial charge in [-0.25, -0.2) is 4.39 Å². The van der Waals surface area contributed by atoms with Crippen molar-refractivity contribution < 1.29 is 9.18 Å². The topological polar surface area (TPSA) is 61.0 Å². The van der Waals surface area contributed by atoms with Crippen molar-refractivity contribution >= 4 is 5.91 Å².